The van der Waals surface area contributed by atoms with Crippen molar-refractivity contribution in [3.05, 3.63) is 47.6 Å². The molecule has 0 bridgehead atoms. The average Bonchev–Trinajstić information content (AvgIpc) is 3.19. The molecule has 1 aliphatic rings. The topological polar surface area (TPSA) is 64.9 Å². The SMILES string of the molecule is CC(C)C(SCc1ccccc1)c1nc(C2(N)CCCC2)no1.Cl. The number of thioether (sulfide) groups is 1. The van der Waals surface area contributed by atoms with E-state index in [9.17, 15) is 0 Å². The van der Waals surface area contributed by atoms with E-state index in [0.29, 0.717) is 17.6 Å². The van der Waals surface area contributed by atoms with Crippen LogP contribution in [0.25, 0.3) is 0 Å². The zero-order valence-corrected chi connectivity index (χ0v) is 15.9. The van der Waals surface area contributed by atoms with Crippen molar-refractivity contribution in [1.29, 1.82) is 0 Å². The largest absolute Gasteiger partial charge is 0.338 e. The molecule has 1 aromatic carbocycles. The van der Waals surface area contributed by atoms with Gasteiger partial charge in [0.05, 0.1) is 10.8 Å². The van der Waals surface area contributed by atoms with Crippen LogP contribution in [0.1, 0.15) is 62.1 Å². The molecule has 1 aromatic heterocycles. The van der Waals surface area contributed by atoms with E-state index < -0.39 is 0 Å². The molecule has 24 heavy (non-hydrogen) atoms. The summed E-state index contributed by atoms with van der Waals surface area (Å²) < 4.78 is 5.59. The van der Waals surface area contributed by atoms with Gasteiger partial charge in [-0.15, -0.1) is 24.2 Å². The predicted molar refractivity (Wildman–Crippen MR) is 101 cm³/mol. The van der Waals surface area contributed by atoms with Crippen molar-refractivity contribution < 1.29 is 4.52 Å². The Morgan fingerprint density at radius 3 is 2.50 bits per heavy atom. The Morgan fingerprint density at radius 2 is 1.88 bits per heavy atom. The third-order valence-corrected chi connectivity index (χ3v) is 6.11. The third kappa shape index (κ3) is 4.32. The number of rotatable bonds is 6. The lowest BCUT2D eigenvalue weighted by Crippen LogP contribution is -2.34. The first-order valence-electron chi connectivity index (χ1n) is 8.37. The highest BCUT2D eigenvalue weighted by molar-refractivity contribution is 7.98. The molecule has 4 nitrogen and oxygen atoms in total. The van der Waals surface area contributed by atoms with E-state index in [2.05, 4.69) is 48.3 Å². The van der Waals surface area contributed by atoms with Crippen LogP contribution in [0.3, 0.4) is 0 Å². The third-order valence-electron chi connectivity index (χ3n) is 4.50. The summed E-state index contributed by atoms with van der Waals surface area (Å²) in [6.07, 6.45) is 4.21. The number of nitrogens with zero attached hydrogens (tertiary/aromatic N) is 2. The summed E-state index contributed by atoms with van der Waals surface area (Å²) in [6, 6.07) is 10.5. The van der Waals surface area contributed by atoms with Gasteiger partial charge in [-0.25, -0.2) is 0 Å². The van der Waals surface area contributed by atoms with E-state index in [1.54, 1.807) is 0 Å². The number of aromatic nitrogens is 2. The van der Waals surface area contributed by atoms with Crippen molar-refractivity contribution in [3.63, 3.8) is 0 Å². The van der Waals surface area contributed by atoms with Gasteiger partial charge in [-0.2, -0.15) is 4.98 Å². The molecule has 1 atom stereocenters. The van der Waals surface area contributed by atoms with E-state index >= 15 is 0 Å². The molecule has 1 aliphatic carbocycles. The highest BCUT2D eigenvalue weighted by atomic mass is 35.5. The van der Waals surface area contributed by atoms with Crippen LogP contribution in [-0.4, -0.2) is 10.1 Å². The molecule has 6 heteroatoms. The lowest BCUT2D eigenvalue weighted by atomic mass is 9.98. The summed E-state index contributed by atoms with van der Waals surface area (Å²) in [5, 5.41) is 4.40. The van der Waals surface area contributed by atoms with Crippen LogP contribution in [0.2, 0.25) is 0 Å². The minimum atomic E-state index is -0.382. The zero-order valence-electron chi connectivity index (χ0n) is 14.3. The van der Waals surface area contributed by atoms with Crippen molar-refractivity contribution in [2.75, 3.05) is 0 Å². The van der Waals surface area contributed by atoms with Crippen LogP contribution in [0.15, 0.2) is 34.9 Å². The van der Waals surface area contributed by atoms with E-state index in [0.717, 1.165) is 31.4 Å². The quantitative estimate of drug-likeness (QED) is 0.790. The minimum Gasteiger partial charge on any atom is -0.338 e. The second-order valence-corrected chi connectivity index (χ2v) is 7.91. The molecule has 2 aromatic rings. The Balaban J connectivity index is 0.00000208. The normalized spacial score (nSPS) is 17.7. The van der Waals surface area contributed by atoms with E-state index in [1.807, 2.05) is 17.8 Å². The fraction of sp³-hybridized carbons (Fsp3) is 0.556. The van der Waals surface area contributed by atoms with Crippen LogP contribution in [0.5, 0.6) is 0 Å². The molecule has 1 saturated carbocycles. The highest BCUT2D eigenvalue weighted by Gasteiger charge is 2.37. The van der Waals surface area contributed by atoms with Crippen molar-refractivity contribution in [2.24, 2.45) is 11.7 Å². The summed E-state index contributed by atoms with van der Waals surface area (Å²) >= 11 is 1.85. The molecule has 132 valence electrons. The van der Waals surface area contributed by atoms with Crippen LogP contribution in [0, 0.1) is 5.92 Å². The van der Waals surface area contributed by atoms with Gasteiger partial charge in [0.2, 0.25) is 5.89 Å². The molecule has 1 heterocycles. The molecule has 0 amide bonds. The molecule has 0 saturated heterocycles. The van der Waals surface area contributed by atoms with Gasteiger partial charge < -0.3 is 10.3 Å². The maximum absolute atomic E-state index is 6.44. The van der Waals surface area contributed by atoms with Crippen LogP contribution in [-0.2, 0) is 11.3 Å². The van der Waals surface area contributed by atoms with Crippen LogP contribution < -0.4 is 5.73 Å². The Morgan fingerprint density at radius 1 is 1.21 bits per heavy atom. The number of hydrogen-bond donors (Lipinski definition) is 1. The van der Waals surface area contributed by atoms with Crippen molar-refractivity contribution >= 4 is 24.2 Å². The second kappa shape index (κ2) is 8.37. The first-order chi connectivity index (χ1) is 11.1. The highest BCUT2D eigenvalue weighted by Crippen LogP contribution is 2.39. The van der Waals surface area contributed by atoms with Gasteiger partial charge in [-0.05, 0) is 24.3 Å². The molecule has 3 rings (SSSR count). The van der Waals surface area contributed by atoms with Crippen LogP contribution >= 0.6 is 24.2 Å². The van der Waals surface area contributed by atoms with Crippen molar-refractivity contribution in [2.45, 2.75) is 56.1 Å². The van der Waals surface area contributed by atoms with Gasteiger partial charge in [0, 0.05) is 5.75 Å². The van der Waals surface area contributed by atoms with E-state index in [1.165, 1.54) is 5.56 Å². The number of hydrogen-bond acceptors (Lipinski definition) is 5. The molecule has 0 radical (unpaired) electrons. The standard InChI is InChI=1S/C18H25N3OS.ClH/c1-13(2)15(23-12-14-8-4-3-5-9-14)16-20-17(21-22-16)18(19)10-6-7-11-18;/h3-5,8-9,13,15H,6-7,10-12,19H2,1-2H3;1H. The summed E-state index contributed by atoms with van der Waals surface area (Å²) in [4.78, 5) is 4.67. The first-order valence-corrected chi connectivity index (χ1v) is 9.42. The van der Waals surface area contributed by atoms with E-state index in [-0.39, 0.29) is 23.2 Å². The maximum atomic E-state index is 6.44. The van der Waals surface area contributed by atoms with E-state index in [4.69, 9.17) is 10.3 Å². The van der Waals surface area contributed by atoms with Gasteiger partial charge in [0.1, 0.15) is 0 Å². The average molecular weight is 368 g/mol. The van der Waals surface area contributed by atoms with Gasteiger partial charge >= 0.3 is 0 Å². The smallest absolute Gasteiger partial charge is 0.240 e. The first kappa shape index (κ1) is 19.3. The summed E-state index contributed by atoms with van der Waals surface area (Å²) in [6.45, 7) is 4.39. The summed E-state index contributed by atoms with van der Waals surface area (Å²) in [5.74, 6) is 2.77. The Bertz CT molecular complexity index is 626. The monoisotopic (exact) mass is 367 g/mol. The van der Waals surface area contributed by atoms with Crippen molar-refractivity contribution in [3.8, 4) is 0 Å². The van der Waals surface area contributed by atoms with Gasteiger partial charge in [0.25, 0.3) is 0 Å². The Hall–Kier alpha value is -1.04. The van der Waals surface area contributed by atoms with Gasteiger partial charge in [-0.1, -0.05) is 62.2 Å². The lowest BCUT2D eigenvalue weighted by Gasteiger charge is -2.18. The fourth-order valence-electron chi connectivity index (χ4n) is 3.09. The zero-order chi connectivity index (χ0) is 16.3. The predicted octanol–water partition coefficient (Wildman–Crippen LogP) is 4.85. The lowest BCUT2D eigenvalue weighted by molar-refractivity contribution is 0.338. The maximum Gasteiger partial charge on any atom is 0.240 e. The number of nitrogens with two attached hydrogens (primary N) is 1. The summed E-state index contributed by atoms with van der Waals surface area (Å²) in [5.41, 5.74) is 7.38. The molecule has 0 spiro atoms. The number of halogens is 1. The second-order valence-electron chi connectivity index (χ2n) is 6.78. The Kier molecular flexibility index (Phi) is 6.72. The minimum absolute atomic E-state index is 0. The molecular weight excluding hydrogens is 342 g/mol. The van der Waals surface area contributed by atoms with Crippen molar-refractivity contribution in [1.82, 2.24) is 10.1 Å². The Labute approximate surface area is 154 Å². The molecule has 1 fully saturated rings. The fourth-order valence-corrected chi connectivity index (χ4v) is 4.28. The molecular formula is C18H26ClN3OS. The van der Waals surface area contributed by atoms with Crippen LogP contribution in [0.4, 0.5) is 0 Å². The molecule has 2 N–H and O–H groups in total. The van der Waals surface area contributed by atoms with Gasteiger partial charge in [-0.3, -0.25) is 0 Å². The summed E-state index contributed by atoms with van der Waals surface area (Å²) in [7, 11) is 0. The number of benzene rings is 1. The molecule has 1 unspecified atom stereocenters. The van der Waals surface area contributed by atoms with Gasteiger partial charge in [0.15, 0.2) is 5.82 Å². The molecule has 0 aliphatic heterocycles.